The molecule has 2 rings (SSSR count). The normalized spacial score (nSPS) is 23.1. The lowest BCUT2D eigenvalue weighted by molar-refractivity contribution is -0.120. The lowest BCUT2D eigenvalue weighted by atomic mass is 10.1. The third-order valence-electron chi connectivity index (χ3n) is 3.30. The van der Waals surface area contributed by atoms with Crippen LogP contribution in [0.3, 0.4) is 0 Å². The first-order chi connectivity index (χ1) is 8.61. The minimum absolute atomic E-state index is 0.0413. The van der Waals surface area contributed by atoms with E-state index in [2.05, 4.69) is 5.32 Å². The van der Waals surface area contributed by atoms with Gasteiger partial charge in [0.15, 0.2) is 0 Å². The first-order valence-electron chi connectivity index (χ1n) is 6.41. The number of likely N-dealkylation sites (N-methyl/N-ethyl adjacent to an activating group) is 1. The Morgan fingerprint density at radius 3 is 2.89 bits per heavy atom. The number of β-amino-alcohol motifs (C(OH)–C–C–N with tert-alkyl or cyclic N) is 1. The smallest absolute Gasteiger partial charge is 0.244 e. The van der Waals surface area contributed by atoms with Gasteiger partial charge in [-0.05, 0) is 38.0 Å². The van der Waals surface area contributed by atoms with Crippen molar-refractivity contribution < 1.29 is 9.90 Å². The number of hydrogen-bond donors (Lipinski definition) is 2. The van der Waals surface area contributed by atoms with Gasteiger partial charge in [0.25, 0.3) is 0 Å². The molecular formula is C14H20N2O2. The quantitative estimate of drug-likeness (QED) is 0.841. The number of benzene rings is 1. The zero-order chi connectivity index (χ0) is 13.1. The molecule has 18 heavy (non-hydrogen) atoms. The summed E-state index contributed by atoms with van der Waals surface area (Å²) < 4.78 is 0. The molecule has 0 bridgehead atoms. The van der Waals surface area contributed by atoms with E-state index in [-0.39, 0.29) is 11.9 Å². The van der Waals surface area contributed by atoms with E-state index in [1.165, 1.54) is 0 Å². The second-order valence-electron chi connectivity index (χ2n) is 4.77. The molecule has 98 valence electrons. The molecule has 1 saturated heterocycles. The van der Waals surface area contributed by atoms with Crippen molar-refractivity contribution in [3.8, 4) is 0 Å². The third-order valence-corrected chi connectivity index (χ3v) is 3.30. The molecule has 4 heteroatoms. The topological polar surface area (TPSA) is 52.6 Å². The summed E-state index contributed by atoms with van der Waals surface area (Å²) in [6.07, 6.45) is 0.0939. The van der Waals surface area contributed by atoms with Crippen molar-refractivity contribution in [1.29, 1.82) is 0 Å². The number of hydrogen-bond acceptors (Lipinski definition) is 3. The van der Waals surface area contributed by atoms with Crippen LogP contribution < -0.4 is 10.2 Å². The summed E-state index contributed by atoms with van der Waals surface area (Å²) in [7, 11) is 0. The van der Waals surface area contributed by atoms with E-state index in [9.17, 15) is 9.90 Å². The fourth-order valence-electron chi connectivity index (χ4n) is 2.35. The SMILES string of the molecule is CCN(C(=O)[C@@H]1C[C@@H](O)CN1)c1cccc(C)c1. The van der Waals surface area contributed by atoms with Crippen molar-refractivity contribution >= 4 is 11.6 Å². The Morgan fingerprint density at radius 2 is 2.33 bits per heavy atom. The lowest BCUT2D eigenvalue weighted by Gasteiger charge is -2.24. The van der Waals surface area contributed by atoms with Crippen LogP contribution in [-0.2, 0) is 4.79 Å². The Balaban J connectivity index is 2.15. The number of anilines is 1. The van der Waals surface area contributed by atoms with Crippen LogP contribution in [0.25, 0.3) is 0 Å². The number of nitrogens with zero attached hydrogens (tertiary/aromatic N) is 1. The Hall–Kier alpha value is -1.39. The summed E-state index contributed by atoms with van der Waals surface area (Å²) in [6, 6.07) is 7.66. The molecule has 2 atom stereocenters. The molecule has 1 aliphatic heterocycles. The molecule has 1 aliphatic rings. The van der Waals surface area contributed by atoms with Gasteiger partial charge in [-0.3, -0.25) is 4.79 Å². The van der Waals surface area contributed by atoms with Gasteiger partial charge in [0.2, 0.25) is 5.91 Å². The number of nitrogens with one attached hydrogen (secondary N) is 1. The first kappa shape index (κ1) is 13.1. The van der Waals surface area contributed by atoms with Crippen molar-refractivity contribution in [1.82, 2.24) is 5.32 Å². The van der Waals surface area contributed by atoms with Gasteiger partial charge in [-0.1, -0.05) is 12.1 Å². The maximum atomic E-state index is 12.4. The first-order valence-corrected chi connectivity index (χ1v) is 6.41. The Labute approximate surface area is 108 Å². The van der Waals surface area contributed by atoms with Gasteiger partial charge >= 0.3 is 0 Å². The summed E-state index contributed by atoms with van der Waals surface area (Å²) in [5, 5.41) is 12.5. The van der Waals surface area contributed by atoms with E-state index >= 15 is 0 Å². The van der Waals surface area contributed by atoms with Crippen molar-refractivity contribution in [3.05, 3.63) is 29.8 Å². The number of aryl methyl sites for hydroxylation is 1. The summed E-state index contributed by atoms with van der Waals surface area (Å²) in [5.41, 5.74) is 2.06. The van der Waals surface area contributed by atoms with Crippen molar-refractivity contribution in [3.63, 3.8) is 0 Å². The predicted octanol–water partition coefficient (Wildman–Crippen LogP) is 1.07. The second kappa shape index (κ2) is 5.50. The van der Waals surface area contributed by atoms with Crippen LogP contribution in [0.2, 0.25) is 0 Å². The average molecular weight is 248 g/mol. The van der Waals surface area contributed by atoms with E-state index in [0.29, 0.717) is 19.5 Å². The summed E-state index contributed by atoms with van der Waals surface area (Å²) in [4.78, 5) is 14.2. The standard InChI is InChI=1S/C14H20N2O2/c1-3-16(11-6-4-5-10(2)7-11)14(18)13-8-12(17)9-15-13/h4-7,12-13,15,17H,3,8-9H2,1-2H3/t12-,13+/m1/s1. The van der Waals surface area contributed by atoms with E-state index in [1.807, 2.05) is 38.1 Å². The molecule has 0 radical (unpaired) electrons. The van der Waals surface area contributed by atoms with Gasteiger partial charge in [-0.15, -0.1) is 0 Å². The zero-order valence-electron chi connectivity index (χ0n) is 10.9. The molecule has 1 fully saturated rings. The molecule has 0 saturated carbocycles. The number of amides is 1. The van der Waals surface area contributed by atoms with Crippen LogP contribution in [0.15, 0.2) is 24.3 Å². The molecule has 0 aliphatic carbocycles. The van der Waals surface area contributed by atoms with Gasteiger partial charge in [-0.2, -0.15) is 0 Å². The van der Waals surface area contributed by atoms with Crippen LogP contribution in [0.4, 0.5) is 5.69 Å². The Bertz CT molecular complexity index is 434. The molecule has 1 aromatic carbocycles. The Morgan fingerprint density at radius 1 is 1.56 bits per heavy atom. The monoisotopic (exact) mass is 248 g/mol. The number of carbonyl (C=O) groups excluding carboxylic acids is 1. The molecule has 0 unspecified atom stereocenters. The maximum Gasteiger partial charge on any atom is 0.244 e. The molecule has 2 N–H and O–H groups in total. The fraction of sp³-hybridized carbons (Fsp3) is 0.500. The maximum absolute atomic E-state index is 12.4. The van der Waals surface area contributed by atoms with Gasteiger partial charge in [0, 0.05) is 18.8 Å². The molecule has 1 aromatic rings. The summed E-state index contributed by atoms with van der Waals surface area (Å²) >= 11 is 0. The van der Waals surface area contributed by atoms with Gasteiger partial charge in [-0.25, -0.2) is 0 Å². The number of aliphatic hydroxyl groups excluding tert-OH is 1. The second-order valence-corrected chi connectivity index (χ2v) is 4.77. The van der Waals surface area contributed by atoms with Crippen molar-refractivity contribution in [2.45, 2.75) is 32.4 Å². The predicted molar refractivity (Wildman–Crippen MR) is 71.6 cm³/mol. The van der Waals surface area contributed by atoms with Gasteiger partial charge < -0.3 is 15.3 Å². The molecular weight excluding hydrogens is 228 g/mol. The molecule has 0 aromatic heterocycles. The Kier molecular flexibility index (Phi) is 3.99. The highest BCUT2D eigenvalue weighted by Crippen LogP contribution is 2.19. The van der Waals surface area contributed by atoms with E-state index in [4.69, 9.17) is 0 Å². The van der Waals surface area contributed by atoms with Gasteiger partial charge in [0.05, 0.1) is 12.1 Å². The highest BCUT2D eigenvalue weighted by atomic mass is 16.3. The molecule has 1 amide bonds. The summed E-state index contributed by atoms with van der Waals surface area (Å²) in [5.74, 6) is 0.0413. The average Bonchev–Trinajstić information content (AvgIpc) is 2.77. The highest BCUT2D eigenvalue weighted by molar-refractivity contribution is 5.97. The number of rotatable bonds is 3. The van der Waals surface area contributed by atoms with E-state index in [0.717, 1.165) is 11.3 Å². The van der Waals surface area contributed by atoms with Crippen molar-refractivity contribution in [2.24, 2.45) is 0 Å². The van der Waals surface area contributed by atoms with Crippen LogP contribution in [0.1, 0.15) is 18.9 Å². The van der Waals surface area contributed by atoms with Crippen molar-refractivity contribution in [2.75, 3.05) is 18.0 Å². The highest BCUT2D eigenvalue weighted by Gasteiger charge is 2.31. The lowest BCUT2D eigenvalue weighted by Crippen LogP contribution is -2.43. The minimum atomic E-state index is -0.407. The molecule has 4 nitrogen and oxygen atoms in total. The minimum Gasteiger partial charge on any atom is -0.392 e. The van der Waals surface area contributed by atoms with Crippen LogP contribution in [-0.4, -0.2) is 36.2 Å². The van der Waals surface area contributed by atoms with E-state index in [1.54, 1.807) is 4.90 Å². The van der Waals surface area contributed by atoms with Gasteiger partial charge in [0.1, 0.15) is 0 Å². The molecule has 1 heterocycles. The zero-order valence-corrected chi connectivity index (χ0v) is 10.9. The van der Waals surface area contributed by atoms with E-state index < -0.39 is 6.10 Å². The molecule has 0 spiro atoms. The largest absolute Gasteiger partial charge is 0.392 e. The van der Waals surface area contributed by atoms with Crippen LogP contribution in [0.5, 0.6) is 0 Å². The number of aliphatic hydroxyl groups is 1. The fourth-order valence-corrected chi connectivity index (χ4v) is 2.35. The summed E-state index contributed by atoms with van der Waals surface area (Å²) in [6.45, 7) is 5.11. The van der Waals surface area contributed by atoms with Crippen LogP contribution >= 0.6 is 0 Å². The number of carbonyl (C=O) groups is 1. The third kappa shape index (κ3) is 2.71. The van der Waals surface area contributed by atoms with Crippen LogP contribution in [0, 0.1) is 6.92 Å².